The van der Waals surface area contributed by atoms with Gasteiger partial charge < -0.3 is 10.1 Å². The van der Waals surface area contributed by atoms with Crippen molar-refractivity contribution in [1.29, 1.82) is 0 Å². The van der Waals surface area contributed by atoms with Crippen LogP contribution in [0.5, 0.6) is 0 Å². The Balaban J connectivity index is 1.16. The van der Waals surface area contributed by atoms with E-state index in [1.807, 2.05) is 18.3 Å². The Kier molecular flexibility index (Phi) is 7.63. The summed E-state index contributed by atoms with van der Waals surface area (Å²) < 4.78 is 19.5. The molecule has 2 heterocycles. The van der Waals surface area contributed by atoms with Crippen LogP contribution in [0.15, 0.2) is 78.6 Å². The van der Waals surface area contributed by atoms with Crippen LogP contribution < -0.4 is 5.32 Å². The lowest BCUT2D eigenvalue weighted by molar-refractivity contribution is 0.129. The first kappa shape index (κ1) is 23.8. The maximum absolute atomic E-state index is 13.8. The summed E-state index contributed by atoms with van der Waals surface area (Å²) in [5.74, 6) is 0.619. The molecule has 35 heavy (non-hydrogen) atoms. The molecule has 184 valence electrons. The summed E-state index contributed by atoms with van der Waals surface area (Å²) in [5.41, 5.74) is 6.35. The summed E-state index contributed by atoms with van der Waals surface area (Å²) in [6.45, 7) is 7.81. The second-order valence-corrected chi connectivity index (χ2v) is 9.90. The number of fused-ring (bicyclic) bond motifs is 1. The minimum atomic E-state index is -0.219. The highest BCUT2D eigenvalue weighted by molar-refractivity contribution is 5.39. The molecule has 4 nitrogen and oxygen atoms in total. The van der Waals surface area contributed by atoms with Crippen molar-refractivity contribution in [2.45, 2.75) is 51.0 Å². The standard InChI is InChI=1S/C30H36FN3O/c1-22(23-14-17-34(18-15-23)19-20-35-29-11-3-2-9-27(29)31)33-30(28-10-4-5-16-32-28)26-13-12-24-7-6-8-25(24)21-26/h4-5,9-13,16,21,23,30,33H,1-3,6-8,14-15,17-20H2. The number of likely N-dealkylation sites (tertiary alicyclic amines) is 1. The predicted molar refractivity (Wildman–Crippen MR) is 138 cm³/mol. The van der Waals surface area contributed by atoms with Crippen molar-refractivity contribution < 1.29 is 9.13 Å². The summed E-state index contributed by atoms with van der Waals surface area (Å²) in [4.78, 5) is 7.08. The second kappa shape index (κ2) is 11.2. The summed E-state index contributed by atoms with van der Waals surface area (Å²) in [6, 6.07) is 13.0. The largest absolute Gasteiger partial charge is 0.490 e. The lowest BCUT2D eigenvalue weighted by Gasteiger charge is -2.34. The second-order valence-electron chi connectivity index (χ2n) is 9.90. The van der Waals surface area contributed by atoms with Crippen LogP contribution in [-0.4, -0.2) is 36.1 Å². The molecule has 1 aromatic carbocycles. The zero-order valence-corrected chi connectivity index (χ0v) is 20.5. The quantitative estimate of drug-likeness (QED) is 0.483. The van der Waals surface area contributed by atoms with E-state index in [4.69, 9.17) is 4.74 Å². The first-order valence-corrected chi connectivity index (χ1v) is 13.1. The Labute approximate surface area is 208 Å². The van der Waals surface area contributed by atoms with Crippen LogP contribution in [0.25, 0.3) is 0 Å². The van der Waals surface area contributed by atoms with Crippen LogP contribution in [0.1, 0.15) is 60.5 Å². The van der Waals surface area contributed by atoms with E-state index in [2.05, 4.69) is 52.1 Å². The van der Waals surface area contributed by atoms with Crippen LogP contribution in [0.2, 0.25) is 0 Å². The Morgan fingerprint density at radius 2 is 1.94 bits per heavy atom. The monoisotopic (exact) mass is 473 g/mol. The van der Waals surface area contributed by atoms with Crippen molar-refractivity contribution in [2.24, 2.45) is 5.92 Å². The van der Waals surface area contributed by atoms with Gasteiger partial charge in [0.25, 0.3) is 0 Å². The number of aromatic nitrogens is 1. The van der Waals surface area contributed by atoms with E-state index in [1.54, 1.807) is 6.08 Å². The third-order valence-corrected chi connectivity index (χ3v) is 7.57. The number of hydrogen-bond acceptors (Lipinski definition) is 4. The minimum Gasteiger partial charge on any atom is -0.490 e. The van der Waals surface area contributed by atoms with E-state index in [0.717, 1.165) is 56.7 Å². The molecule has 1 atom stereocenters. The third kappa shape index (κ3) is 5.84. The van der Waals surface area contributed by atoms with Crippen LogP contribution >= 0.6 is 0 Å². The van der Waals surface area contributed by atoms with Gasteiger partial charge in [-0.25, -0.2) is 4.39 Å². The zero-order valence-electron chi connectivity index (χ0n) is 20.5. The average Bonchev–Trinajstić information content (AvgIpc) is 3.37. The fourth-order valence-electron chi connectivity index (χ4n) is 5.49. The molecule has 0 bridgehead atoms. The molecule has 5 heteroatoms. The van der Waals surface area contributed by atoms with E-state index in [0.29, 0.717) is 18.3 Å². The molecular weight excluding hydrogens is 437 g/mol. The molecule has 1 fully saturated rings. The Morgan fingerprint density at radius 3 is 2.74 bits per heavy atom. The molecule has 5 rings (SSSR count). The van der Waals surface area contributed by atoms with Crippen LogP contribution in [0.3, 0.4) is 0 Å². The highest BCUT2D eigenvalue weighted by atomic mass is 19.1. The van der Waals surface area contributed by atoms with Crippen LogP contribution in [0, 0.1) is 5.92 Å². The van der Waals surface area contributed by atoms with Gasteiger partial charge >= 0.3 is 0 Å². The van der Waals surface area contributed by atoms with Gasteiger partial charge in [-0.05, 0) is 99.0 Å². The third-order valence-electron chi connectivity index (χ3n) is 7.57. The first-order chi connectivity index (χ1) is 17.2. The van der Waals surface area contributed by atoms with Gasteiger partial charge in [0.15, 0.2) is 11.6 Å². The number of nitrogens with zero attached hydrogens (tertiary/aromatic N) is 2. The van der Waals surface area contributed by atoms with Gasteiger partial charge in [0.2, 0.25) is 0 Å². The SMILES string of the molecule is C=C(NC(c1ccc2c(c1)CCC2)c1ccccn1)C1CCN(CCOC2=CCCC=C2F)CC1. The highest BCUT2D eigenvalue weighted by Gasteiger charge is 2.25. The number of hydrogen-bond donors (Lipinski definition) is 1. The number of allylic oxidation sites excluding steroid dienone is 4. The molecule has 0 saturated carbocycles. The summed E-state index contributed by atoms with van der Waals surface area (Å²) >= 11 is 0. The highest BCUT2D eigenvalue weighted by Crippen LogP contribution is 2.31. The van der Waals surface area contributed by atoms with E-state index >= 15 is 0 Å². The van der Waals surface area contributed by atoms with Gasteiger partial charge in [-0.2, -0.15) is 0 Å². The van der Waals surface area contributed by atoms with Crippen molar-refractivity contribution in [3.8, 4) is 0 Å². The minimum absolute atomic E-state index is 0.00717. The van der Waals surface area contributed by atoms with Crippen molar-refractivity contribution in [3.05, 3.63) is 101 Å². The van der Waals surface area contributed by atoms with Gasteiger partial charge in [-0.1, -0.05) is 30.8 Å². The smallest absolute Gasteiger partial charge is 0.160 e. The maximum atomic E-state index is 13.8. The fourth-order valence-corrected chi connectivity index (χ4v) is 5.49. The predicted octanol–water partition coefficient (Wildman–Crippen LogP) is 6.02. The molecule has 0 radical (unpaired) electrons. The summed E-state index contributed by atoms with van der Waals surface area (Å²) in [7, 11) is 0. The number of benzene rings is 1. The number of nitrogens with one attached hydrogen (secondary N) is 1. The first-order valence-electron chi connectivity index (χ1n) is 13.1. The van der Waals surface area contributed by atoms with Crippen LogP contribution in [-0.2, 0) is 17.6 Å². The molecule has 1 unspecified atom stereocenters. The van der Waals surface area contributed by atoms with E-state index in [1.165, 1.54) is 36.0 Å². The molecule has 3 aliphatic rings. The molecule has 1 saturated heterocycles. The Morgan fingerprint density at radius 1 is 1.11 bits per heavy atom. The van der Waals surface area contributed by atoms with Crippen molar-refractivity contribution in [2.75, 3.05) is 26.2 Å². The molecule has 0 amide bonds. The van der Waals surface area contributed by atoms with E-state index in [-0.39, 0.29) is 11.9 Å². The molecular formula is C30H36FN3O. The normalized spacial score (nSPS) is 19.5. The lowest BCUT2D eigenvalue weighted by atomic mass is 9.92. The molecule has 2 aromatic rings. The zero-order chi connectivity index (χ0) is 24.0. The van der Waals surface area contributed by atoms with Crippen molar-refractivity contribution in [1.82, 2.24) is 15.2 Å². The van der Waals surface area contributed by atoms with Gasteiger partial charge in [-0.15, -0.1) is 0 Å². The molecule has 0 spiro atoms. The number of halogens is 1. The number of pyridine rings is 1. The van der Waals surface area contributed by atoms with E-state index in [9.17, 15) is 4.39 Å². The maximum Gasteiger partial charge on any atom is 0.160 e. The van der Waals surface area contributed by atoms with Gasteiger partial charge in [0.05, 0.1) is 11.7 Å². The molecule has 1 aliphatic heterocycles. The number of rotatable bonds is 9. The fraction of sp³-hybridized carbons (Fsp3) is 0.433. The average molecular weight is 474 g/mol. The topological polar surface area (TPSA) is 37.4 Å². The van der Waals surface area contributed by atoms with Gasteiger partial charge in [-0.3, -0.25) is 9.88 Å². The molecule has 2 aliphatic carbocycles. The van der Waals surface area contributed by atoms with Crippen molar-refractivity contribution in [3.63, 3.8) is 0 Å². The molecule has 1 aromatic heterocycles. The number of piperidine rings is 1. The van der Waals surface area contributed by atoms with Crippen LogP contribution in [0.4, 0.5) is 4.39 Å². The van der Waals surface area contributed by atoms with Crippen molar-refractivity contribution >= 4 is 0 Å². The Bertz CT molecular complexity index is 1090. The van der Waals surface area contributed by atoms with Gasteiger partial charge in [0, 0.05) is 24.4 Å². The number of ether oxygens (including phenoxy) is 1. The lowest BCUT2D eigenvalue weighted by Crippen LogP contribution is -2.38. The molecule has 1 N–H and O–H groups in total. The Hall–Kier alpha value is -2.92. The summed E-state index contributed by atoms with van der Waals surface area (Å²) in [6.07, 6.45) is 12.7. The van der Waals surface area contributed by atoms with E-state index < -0.39 is 0 Å². The summed E-state index contributed by atoms with van der Waals surface area (Å²) in [5, 5.41) is 3.76. The van der Waals surface area contributed by atoms with Gasteiger partial charge in [0.1, 0.15) is 6.61 Å². The number of aryl methyl sites for hydroxylation is 2.